The monoisotopic (exact) mass is 245 g/mol. The molecular weight excluding hydrogens is 238 g/mol. The van der Waals surface area contributed by atoms with Gasteiger partial charge in [-0.25, -0.2) is 0 Å². The van der Waals surface area contributed by atoms with E-state index >= 15 is 0 Å². The van der Waals surface area contributed by atoms with Crippen molar-refractivity contribution in [2.75, 3.05) is 13.2 Å². The standard InChI is InChI=1S/C4H4F6NO3.H3N/c5-3(6,7)1-13-11(12)14-2-4(8,9)10;/h1-2H2;1H3/q+1;. The molecule has 0 bridgehead atoms. The molecule has 3 N–H and O–H groups in total. The number of halogens is 6. The van der Waals surface area contributed by atoms with E-state index in [2.05, 4.69) is 9.68 Å². The molecule has 0 saturated heterocycles. The van der Waals surface area contributed by atoms with Crippen LogP contribution in [0.4, 0.5) is 26.3 Å². The zero-order chi connectivity index (χ0) is 11.4. The number of nitrogens with zero attached hydrogens (tertiary/aromatic N) is 1. The third kappa shape index (κ3) is 12.7. The van der Waals surface area contributed by atoms with E-state index in [-0.39, 0.29) is 6.15 Å². The zero-order valence-corrected chi connectivity index (χ0v) is 7.06. The molecule has 92 valence electrons. The first-order valence-electron chi connectivity index (χ1n) is 2.97. The summed E-state index contributed by atoms with van der Waals surface area (Å²) in [5.74, 6) is 0. The van der Waals surface area contributed by atoms with Crippen molar-refractivity contribution in [1.82, 2.24) is 6.15 Å². The van der Waals surface area contributed by atoms with Crippen LogP contribution in [0.1, 0.15) is 0 Å². The Bertz CT molecular complexity index is 182. The van der Waals surface area contributed by atoms with Gasteiger partial charge in [0.2, 0.25) is 0 Å². The minimum absolute atomic E-state index is 0. The Hall–Kier alpha value is -1.26. The second-order valence-electron chi connectivity index (χ2n) is 2.00. The molecule has 5 nitrogen and oxygen atoms in total. The predicted octanol–water partition coefficient (Wildman–Crippen LogP) is 1.92. The predicted molar refractivity (Wildman–Crippen MR) is 32.7 cm³/mol. The third-order valence-corrected chi connectivity index (χ3v) is 0.667. The first-order chi connectivity index (χ1) is 6.10. The van der Waals surface area contributed by atoms with Crippen LogP contribution in [0.25, 0.3) is 0 Å². The Morgan fingerprint density at radius 1 is 0.867 bits per heavy atom. The second-order valence-corrected chi connectivity index (χ2v) is 2.00. The Labute approximate surface area is 79.0 Å². The van der Waals surface area contributed by atoms with Gasteiger partial charge in [0.25, 0.3) is 13.2 Å². The molecule has 0 fully saturated rings. The van der Waals surface area contributed by atoms with Gasteiger partial charge in [0, 0.05) is 0 Å². The molecule has 0 unspecified atom stereocenters. The van der Waals surface area contributed by atoms with Crippen LogP contribution in [-0.2, 0) is 9.68 Å². The minimum Gasteiger partial charge on any atom is -0.344 e. The fourth-order valence-corrected chi connectivity index (χ4v) is 0.289. The fraction of sp³-hybridized carbons (Fsp3) is 1.00. The molecule has 11 heteroatoms. The lowest BCUT2D eigenvalue weighted by molar-refractivity contribution is -0.985. The first kappa shape index (κ1) is 16.2. The van der Waals surface area contributed by atoms with Crippen LogP contribution in [0.3, 0.4) is 0 Å². The van der Waals surface area contributed by atoms with Gasteiger partial charge in [-0.05, 0) is 0 Å². The van der Waals surface area contributed by atoms with Gasteiger partial charge in [-0.3, -0.25) is 0 Å². The van der Waals surface area contributed by atoms with Gasteiger partial charge in [0.1, 0.15) is 4.91 Å². The lowest BCUT2D eigenvalue weighted by Gasteiger charge is -2.01. The Kier molecular flexibility index (Phi) is 6.02. The molecule has 0 aromatic rings. The summed E-state index contributed by atoms with van der Waals surface area (Å²) in [6.07, 6.45) is -9.63. The molecule has 0 aliphatic heterocycles. The highest BCUT2D eigenvalue weighted by Gasteiger charge is 2.37. The Morgan fingerprint density at radius 2 is 1.13 bits per heavy atom. The van der Waals surface area contributed by atoms with Gasteiger partial charge < -0.3 is 6.15 Å². The highest BCUT2D eigenvalue weighted by molar-refractivity contribution is 4.42. The molecule has 0 amide bonds. The fourth-order valence-electron chi connectivity index (χ4n) is 0.289. The molecule has 0 radical (unpaired) electrons. The van der Waals surface area contributed by atoms with E-state index in [1.807, 2.05) is 0 Å². The summed E-state index contributed by atoms with van der Waals surface area (Å²) in [5.41, 5.74) is 0. The molecule has 0 aliphatic carbocycles. The van der Waals surface area contributed by atoms with E-state index in [1.165, 1.54) is 0 Å². The molecule has 0 atom stereocenters. The number of hydrogen-bond donors (Lipinski definition) is 1. The van der Waals surface area contributed by atoms with Crippen molar-refractivity contribution < 1.29 is 41.1 Å². The van der Waals surface area contributed by atoms with Gasteiger partial charge in [0.15, 0.2) is 0 Å². The Balaban J connectivity index is 0. The topological polar surface area (TPSA) is 73.5 Å². The van der Waals surface area contributed by atoms with Gasteiger partial charge in [-0.1, -0.05) is 0 Å². The summed E-state index contributed by atoms with van der Waals surface area (Å²) in [5, 5.41) is -1.24. The van der Waals surface area contributed by atoms with Gasteiger partial charge in [0.05, 0.1) is 0 Å². The van der Waals surface area contributed by atoms with Crippen LogP contribution < -0.4 is 6.15 Å². The minimum atomic E-state index is -4.82. The van der Waals surface area contributed by atoms with Crippen LogP contribution >= 0.6 is 0 Å². The van der Waals surface area contributed by atoms with Crippen molar-refractivity contribution in [1.29, 1.82) is 0 Å². The van der Waals surface area contributed by atoms with Crippen LogP contribution in [0.15, 0.2) is 0 Å². The number of hydrogen-bond acceptors (Lipinski definition) is 4. The second kappa shape index (κ2) is 5.58. The molecule has 0 aromatic heterocycles. The highest BCUT2D eigenvalue weighted by Crippen LogP contribution is 2.16. The summed E-state index contributed by atoms with van der Waals surface area (Å²) in [6, 6.07) is 0. The summed E-state index contributed by atoms with van der Waals surface area (Å²) in [7, 11) is 0. The van der Waals surface area contributed by atoms with Gasteiger partial charge in [-0.15, -0.1) is 0 Å². The Morgan fingerprint density at radius 3 is 1.33 bits per heavy atom. The maximum atomic E-state index is 11.3. The zero-order valence-electron chi connectivity index (χ0n) is 7.06. The average Bonchev–Trinajstić information content (AvgIpc) is 1.94. The van der Waals surface area contributed by atoms with E-state index in [0.29, 0.717) is 0 Å². The van der Waals surface area contributed by atoms with Crippen LogP contribution in [0, 0.1) is 4.91 Å². The van der Waals surface area contributed by atoms with Crippen LogP contribution in [0.2, 0.25) is 0 Å². The summed E-state index contributed by atoms with van der Waals surface area (Å²) < 4.78 is 67.9. The quantitative estimate of drug-likeness (QED) is 0.606. The molecule has 0 aliphatic rings. The van der Waals surface area contributed by atoms with Gasteiger partial charge in [-0.2, -0.15) is 36.0 Å². The maximum Gasteiger partial charge on any atom is 0.478 e. The molecular formula is C4H7F6N2O3+. The van der Waals surface area contributed by atoms with Crippen molar-refractivity contribution >= 4 is 0 Å². The first-order valence-corrected chi connectivity index (χ1v) is 2.97. The van der Waals surface area contributed by atoms with Crippen molar-refractivity contribution in [2.24, 2.45) is 0 Å². The maximum absolute atomic E-state index is 11.3. The molecule has 0 aromatic carbocycles. The highest BCUT2D eigenvalue weighted by atomic mass is 19.4. The lowest BCUT2D eigenvalue weighted by atomic mass is 10.7. The normalized spacial score (nSPS) is 11.6. The van der Waals surface area contributed by atoms with E-state index in [9.17, 15) is 31.2 Å². The van der Waals surface area contributed by atoms with Crippen molar-refractivity contribution in [3.8, 4) is 0 Å². The largest absolute Gasteiger partial charge is 0.478 e. The van der Waals surface area contributed by atoms with E-state index in [1.54, 1.807) is 0 Å². The van der Waals surface area contributed by atoms with E-state index in [0.717, 1.165) is 0 Å². The number of rotatable bonds is 4. The van der Waals surface area contributed by atoms with Crippen LogP contribution in [0.5, 0.6) is 0 Å². The molecule has 0 rings (SSSR count). The summed E-state index contributed by atoms with van der Waals surface area (Å²) in [6.45, 7) is -4.04. The van der Waals surface area contributed by atoms with Crippen molar-refractivity contribution in [2.45, 2.75) is 12.4 Å². The molecule has 15 heavy (non-hydrogen) atoms. The van der Waals surface area contributed by atoms with Gasteiger partial charge >= 0.3 is 17.4 Å². The van der Waals surface area contributed by atoms with Crippen molar-refractivity contribution in [3.05, 3.63) is 4.91 Å². The van der Waals surface area contributed by atoms with E-state index in [4.69, 9.17) is 0 Å². The molecule has 0 saturated carbocycles. The smallest absolute Gasteiger partial charge is 0.344 e. The summed E-state index contributed by atoms with van der Waals surface area (Å²) >= 11 is 0. The van der Waals surface area contributed by atoms with Crippen molar-refractivity contribution in [3.63, 3.8) is 0 Å². The lowest BCUT2D eigenvalue weighted by Crippen LogP contribution is -2.26. The summed E-state index contributed by atoms with van der Waals surface area (Å²) in [4.78, 5) is 16.5. The van der Waals surface area contributed by atoms with Crippen LogP contribution in [-0.4, -0.2) is 30.7 Å². The van der Waals surface area contributed by atoms with E-state index < -0.39 is 30.7 Å². The molecule has 0 heterocycles. The average molecular weight is 245 g/mol. The molecule has 0 spiro atoms. The number of alkyl halides is 6. The third-order valence-electron chi connectivity index (χ3n) is 0.667. The SMILES string of the molecule is N.O=[N+](OCC(F)(F)F)OCC(F)(F)F.